The highest BCUT2D eigenvalue weighted by Crippen LogP contribution is 2.15. The Labute approximate surface area is 169 Å². The number of carbonyl (C=O) groups excluding carboxylic acids is 1. The summed E-state index contributed by atoms with van der Waals surface area (Å²) in [5.74, 6) is 0.195. The van der Waals surface area contributed by atoms with E-state index < -0.39 is 0 Å². The maximum Gasteiger partial charge on any atom is 0.221 e. The van der Waals surface area contributed by atoms with Gasteiger partial charge in [-0.15, -0.1) is 24.8 Å². The number of benzene rings is 1. The van der Waals surface area contributed by atoms with Crippen LogP contribution in [0.2, 0.25) is 0 Å². The fraction of sp³-hybridized carbons (Fsp3) is 0.632. The molecule has 2 aliphatic rings. The van der Waals surface area contributed by atoms with Gasteiger partial charge in [0.1, 0.15) is 0 Å². The molecule has 5 nitrogen and oxygen atoms in total. The van der Waals surface area contributed by atoms with Gasteiger partial charge in [-0.3, -0.25) is 9.69 Å². The Morgan fingerprint density at radius 1 is 1.15 bits per heavy atom. The van der Waals surface area contributed by atoms with Crippen LogP contribution < -0.4 is 15.5 Å². The molecule has 2 heterocycles. The smallest absolute Gasteiger partial charge is 0.221 e. The molecule has 7 heteroatoms. The van der Waals surface area contributed by atoms with E-state index in [0.717, 1.165) is 52.1 Å². The Hall–Kier alpha value is -1.01. The van der Waals surface area contributed by atoms with Crippen LogP contribution in [0.4, 0.5) is 5.69 Å². The van der Waals surface area contributed by atoms with Crippen molar-refractivity contribution >= 4 is 36.4 Å². The van der Waals surface area contributed by atoms with E-state index in [9.17, 15) is 4.79 Å². The number of nitrogens with zero attached hydrogens (tertiary/aromatic N) is 2. The lowest BCUT2D eigenvalue weighted by molar-refractivity contribution is -0.122. The zero-order chi connectivity index (χ0) is 16.8. The molecule has 2 saturated heterocycles. The Balaban J connectivity index is 0.00000169. The first kappa shape index (κ1) is 23.0. The van der Waals surface area contributed by atoms with Gasteiger partial charge in [-0.2, -0.15) is 0 Å². The van der Waals surface area contributed by atoms with Gasteiger partial charge in [-0.05, 0) is 38.4 Å². The molecule has 1 aromatic rings. The summed E-state index contributed by atoms with van der Waals surface area (Å²) < 4.78 is 0. The second-order valence-electron chi connectivity index (χ2n) is 6.97. The van der Waals surface area contributed by atoms with E-state index in [1.165, 1.54) is 5.69 Å². The van der Waals surface area contributed by atoms with Gasteiger partial charge >= 0.3 is 0 Å². The Morgan fingerprint density at radius 3 is 2.50 bits per heavy atom. The largest absolute Gasteiger partial charge is 0.369 e. The van der Waals surface area contributed by atoms with Crippen molar-refractivity contribution in [2.75, 3.05) is 44.2 Å². The number of piperazine rings is 1. The maximum atomic E-state index is 12.2. The summed E-state index contributed by atoms with van der Waals surface area (Å²) >= 11 is 0. The van der Waals surface area contributed by atoms with Crippen molar-refractivity contribution in [3.63, 3.8) is 0 Å². The molecular weight excluding hydrogens is 371 g/mol. The molecule has 148 valence electrons. The van der Waals surface area contributed by atoms with E-state index >= 15 is 0 Å². The second kappa shape index (κ2) is 11.7. The third-order valence-electron chi connectivity index (χ3n) is 5.26. The number of rotatable bonds is 5. The second-order valence-corrected chi connectivity index (χ2v) is 6.97. The molecule has 2 unspecified atom stereocenters. The molecule has 0 bridgehead atoms. The highest BCUT2D eigenvalue weighted by Gasteiger charge is 2.23. The maximum absolute atomic E-state index is 12.2. The summed E-state index contributed by atoms with van der Waals surface area (Å²) in [6.45, 7) is 8.23. The summed E-state index contributed by atoms with van der Waals surface area (Å²) in [6, 6.07) is 11.3. The number of hydrogen-bond donors (Lipinski definition) is 2. The van der Waals surface area contributed by atoms with Crippen molar-refractivity contribution < 1.29 is 4.79 Å². The molecule has 0 aliphatic carbocycles. The fourth-order valence-corrected chi connectivity index (χ4v) is 3.65. The zero-order valence-corrected chi connectivity index (χ0v) is 17.2. The lowest BCUT2D eigenvalue weighted by Gasteiger charge is -2.36. The number of piperidine rings is 1. The van der Waals surface area contributed by atoms with E-state index in [1.807, 2.05) is 0 Å². The Bertz CT molecular complexity index is 524. The van der Waals surface area contributed by atoms with E-state index in [1.54, 1.807) is 0 Å². The Kier molecular flexibility index (Phi) is 10.3. The van der Waals surface area contributed by atoms with Gasteiger partial charge in [0.05, 0.1) is 0 Å². The first-order valence-electron chi connectivity index (χ1n) is 9.27. The summed E-state index contributed by atoms with van der Waals surface area (Å²) in [4.78, 5) is 17.0. The normalized spacial score (nSPS) is 23.5. The third-order valence-corrected chi connectivity index (χ3v) is 5.26. The molecule has 0 spiro atoms. The highest BCUT2D eigenvalue weighted by molar-refractivity contribution is 5.85. The van der Waals surface area contributed by atoms with Gasteiger partial charge in [-0.1, -0.05) is 18.2 Å². The number of nitrogens with one attached hydrogen (secondary N) is 2. The van der Waals surface area contributed by atoms with Crippen LogP contribution in [0.3, 0.4) is 0 Å². The van der Waals surface area contributed by atoms with Gasteiger partial charge in [-0.25, -0.2) is 0 Å². The van der Waals surface area contributed by atoms with Crippen LogP contribution in [0.5, 0.6) is 0 Å². The van der Waals surface area contributed by atoms with Crippen LogP contribution in [0.15, 0.2) is 30.3 Å². The topological polar surface area (TPSA) is 47.6 Å². The van der Waals surface area contributed by atoms with E-state index in [-0.39, 0.29) is 30.7 Å². The van der Waals surface area contributed by atoms with Crippen molar-refractivity contribution in [3.8, 4) is 0 Å². The van der Waals surface area contributed by atoms with Crippen molar-refractivity contribution in [3.05, 3.63) is 30.3 Å². The number of para-hydroxylation sites is 1. The number of anilines is 1. The van der Waals surface area contributed by atoms with Crippen molar-refractivity contribution in [1.29, 1.82) is 0 Å². The monoisotopic (exact) mass is 402 g/mol. The first-order valence-corrected chi connectivity index (χ1v) is 9.27. The number of amides is 1. The molecule has 1 amide bonds. The number of hydrogen-bond acceptors (Lipinski definition) is 4. The van der Waals surface area contributed by atoms with Crippen LogP contribution >= 0.6 is 24.8 Å². The van der Waals surface area contributed by atoms with Crippen LogP contribution in [-0.4, -0.2) is 62.2 Å². The van der Waals surface area contributed by atoms with Gasteiger partial charge in [0.25, 0.3) is 0 Å². The summed E-state index contributed by atoms with van der Waals surface area (Å²) in [5.41, 5.74) is 1.30. The van der Waals surface area contributed by atoms with Crippen LogP contribution in [0.25, 0.3) is 0 Å². The van der Waals surface area contributed by atoms with Crippen molar-refractivity contribution in [2.45, 2.75) is 38.3 Å². The van der Waals surface area contributed by atoms with Gasteiger partial charge < -0.3 is 15.5 Å². The van der Waals surface area contributed by atoms with Gasteiger partial charge in [0.15, 0.2) is 0 Å². The molecule has 0 aromatic heterocycles. The number of carbonyl (C=O) groups is 1. The Morgan fingerprint density at radius 2 is 1.85 bits per heavy atom. The van der Waals surface area contributed by atoms with Crippen LogP contribution in [0, 0.1) is 0 Å². The average Bonchev–Trinajstić information content (AvgIpc) is 2.63. The van der Waals surface area contributed by atoms with Gasteiger partial charge in [0, 0.05) is 56.9 Å². The molecule has 2 N–H and O–H groups in total. The molecule has 0 saturated carbocycles. The zero-order valence-electron chi connectivity index (χ0n) is 15.5. The van der Waals surface area contributed by atoms with Crippen molar-refractivity contribution in [2.24, 2.45) is 0 Å². The minimum atomic E-state index is 0. The number of halogens is 2. The lowest BCUT2D eigenvalue weighted by Crippen LogP contribution is -2.52. The molecule has 1 aromatic carbocycles. The predicted octanol–water partition coefficient (Wildman–Crippen LogP) is 2.30. The van der Waals surface area contributed by atoms with E-state index in [0.29, 0.717) is 18.5 Å². The molecule has 2 atom stereocenters. The SMILES string of the molecule is CC1NCCCC1NC(=O)CCN1CCN(c2ccccc2)CC1.Cl.Cl. The molecule has 2 fully saturated rings. The third kappa shape index (κ3) is 6.62. The van der Waals surface area contributed by atoms with E-state index in [4.69, 9.17) is 0 Å². The quantitative estimate of drug-likeness (QED) is 0.792. The minimum Gasteiger partial charge on any atom is -0.369 e. The molecule has 26 heavy (non-hydrogen) atoms. The first-order chi connectivity index (χ1) is 11.7. The van der Waals surface area contributed by atoms with E-state index in [2.05, 4.69) is 57.7 Å². The van der Waals surface area contributed by atoms with Crippen LogP contribution in [0.1, 0.15) is 26.2 Å². The average molecular weight is 403 g/mol. The van der Waals surface area contributed by atoms with Gasteiger partial charge in [0.2, 0.25) is 5.91 Å². The fourth-order valence-electron chi connectivity index (χ4n) is 3.65. The molecule has 0 radical (unpaired) electrons. The minimum absolute atomic E-state index is 0. The standard InChI is InChI=1S/C19H30N4O.2ClH/c1-16-18(8-5-10-20-16)21-19(24)9-11-22-12-14-23(15-13-22)17-6-3-2-4-7-17;;/h2-4,6-7,16,18,20H,5,8-15H2,1H3,(H,21,24);2*1H. The lowest BCUT2D eigenvalue weighted by atomic mass is 10.00. The highest BCUT2D eigenvalue weighted by atomic mass is 35.5. The van der Waals surface area contributed by atoms with Crippen LogP contribution in [-0.2, 0) is 4.79 Å². The molecule has 2 aliphatic heterocycles. The summed E-state index contributed by atoms with van der Waals surface area (Å²) in [7, 11) is 0. The molecular formula is C19H32Cl2N4O. The predicted molar refractivity (Wildman–Crippen MR) is 113 cm³/mol. The van der Waals surface area contributed by atoms with Crippen molar-refractivity contribution in [1.82, 2.24) is 15.5 Å². The summed E-state index contributed by atoms with van der Waals surface area (Å²) in [6.07, 6.45) is 2.85. The molecule has 3 rings (SSSR count). The summed E-state index contributed by atoms with van der Waals surface area (Å²) in [5, 5.41) is 6.64.